The van der Waals surface area contributed by atoms with Crippen LogP contribution in [0.25, 0.3) is 0 Å². The van der Waals surface area contributed by atoms with Crippen molar-refractivity contribution in [1.82, 2.24) is 5.32 Å². The van der Waals surface area contributed by atoms with Gasteiger partial charge in [0.05, 0.1) is 22.9 Å². The van der Waals surface area contributed by atoms with Crippen molar-refractivity contribution in [3.05, 3.63) is 98.7 Å². The molecule has 0 bridgehead atoms. The maximum absolute atomic E-state index is 12.5. The number of nitro groups is 1. The molecular formula is C26H31N3O6. The molecule has 35 heavy (non-hydrogen) atoms. The minimum Gasteiger partial charge on any atom is -0.489 e. The molecule has 186 valence electrons. The number of para-hydroxylation sites is 1. The molecule has 0 spiro atoms. The van der Waals surface area contributed by atoms with Gasteiger partial charge < -0.3 is 25.3 Å². The van der Waals surface area contributed by atoms with Gasteiger partial charge in [0.25, 0.3) is 5.70 Å². The molecule has 2 aromatic rings. The molecule has 0 fully saturated rings. The lowest BCUT2D eigenvalue weighted by atomic mass is 9.88. The molecule has 1 aliphatic heterocycles. The monoisotopic (exact) mass is 481 g/mol. The summed E-state index contributed by atoms with van der Waals surface area (Å²) in [5.41, 5.74) is 7.66. The third-order valence-corrected chi connectivity index (χ3v) is 5.59. The van der Waals surface area contributed by atoms with Crippen LogP contribution in [0.2, 0.25) is 0 Å². The normalized spacial score (nSPS) is 15.5. The summed E-state index contributed by atoms with van der Waals surface area (Å²) < 4.78 is 16.8. The molecule has 1 atom stereocenters. The van der Waals surface area contributed by atoms with E-state index >= 15 is 0 Å². The molecular weight excluding hydrogens is 450 g/mol. The summed E-state index contributed by atoms with van der Waals surface area (Å²) in [6.45, 7) is 4.35. The van der Waals surface area contributed by atoms with Gasteiger partial charge in [-0.05, 0) is 51.3 Å². The van der Waals surface area contributed by atoms with Crippen molar-refractivity contribution in [3.63, 3.8) is 0 Å². The van der Waals surface area contributed by atoms with Crippen LogP contribution in [-0.2, 0) is 16.1 Å². The average molecular weight is 482 g/mol. The van der Waals surface area contributed by atoms with Crippen LogP contribution in [0.3, 0.4) is 0 Å². The highest BCUT2D eigenvalue weighted by atomic mass is 16.7. The van der Waals surface area contributed by atoms with Crippen LogP contribution < -0.4 is 15.8 Å². The number of nitrogens with two attached hydrogens (primary N) is 1. The highest BCUT2D eigenvalue weighted by molar-refractivity contribution is 5.63. The summed E-state index contributed by atoms with van der Waals surface area (Å²) in [7, 11) is 0. The van der Waals surface area contributed by atoms with Crippen LogP contribution in [0, 0.1) is 10.1 Å². The number of nitrogens with one attached hydrogen (secondary N) is 1. The summed E-state index contributed by atoms with van der Waals surface area (Å²) in [6.07, 6.45) is 1.41. The number of allylic oxidation sites excluding steroid dienone is 2. The largest absolute Gasteiger partial charge is 0.513 e. The first kappa shape index (κ1) is 25.8. The van der Waals surface area contributed by atoms with Gasteiger partial charge >= 0.3 is 6.16 Å². The minimum absolute atomic E-state index is 0.102. The predicted octanol–water partition coefficient (Wildman–Crippen LogP) is 4.97. The van der Waals surface area contributed by atoms with E-state index < -0.39 is 17.0 Å². The lowest BCUT2D eigenvalue weighted by Gasteiger charge is -2.27. The third kappa shape index (κ3) is 6.83. The molecule has 1 aliphatic rings. The second-order valence-electron chi connectivity index (χ2n) is 8.18. The molecule has 0 saturated carbocycles. The van der Waals surface area contributed by atoms with Gasteiger partial charge in [0.1, 0.15) is 24.0 Å². The van der Waals surface area contributed by atoms with Crippen LogP contribution in [0.1, 0.15) is 50.2 Å². The predicted molar refractivity (Wildman–Crippen MR) is 131 cm³/mol. The number of carbonyl (C=O) groups is 1. The molecule has 0 radical (unpaired) electrons. The maximum atomic E-state index is 12.5. The van der Waals surface area contributed by atoms with E-state index in [4.69, 9.17) is 19.9 Å². The lowest BCUT2D eigenvalue weighted by molar-refractivity contribution is -0.431. The summed E-state index contributed by atoms with van der Waals surface area (Å²) in [5, 5.41) is 15.1. The Morgan fingerprint density at radius 3 is 2.46 bits per heavy atom. The molecule has 1 unspecified atom stereocenters. The zero-order valence-corrected chi connectivity index (χ0v) is 20.0. The summed E-state index contributed by atoms with van der Waals surface area (Å²) in [5.74, 6) is -0.410. The van der Waals surface area contributed by atoms with Crippen LogP contribution in [-0.4, -0.2) is 24.2 Å². The first-order chi connectivity index (χ1) is 16.9. The molecule has 0 amide bonds. The van der Waals surface area contributed by atoms with Gasteiger partial charge in [0.2, 0.25) is 0 Å². The molecule has 0 saturated heterocycles. The standard InChI is InChI=1S/C26H31N3O6/c1-18-24(29(31)32)23(25(19(2)28-18)35-26(30)33-16-10-4-9-15-27)21-13-7-8-14-22(21)34-17-20-11-5-3-6-12-20/h3,5-8,11-14,23,28H,4,9-10,15-17,27H2,1-2H3. The van der Waals surface area contributed by atoms with Crippen molar-refractivity contribution < 1.29 is 23.9 Å². The Bertz CT molecular complexity index is 1100. The third-order valence-electron chi connectivity index (χ3n) is 5.59. The molecule has 3 N–H and O–H groups in total. The second kappa shape index (κ2) is 12.6. The highest BCUT2D eigenvalue weighted by Crippen LogP contribution is 2.42. The van der Waals surface area contributed by atoms with Gasteiger partial charge in [-0.1, -0.05) is 48.5 Å². The SMILES string of the molecule is CC1=C(OC(=O)OCCCCCN)C(c2ccccc2OCc2ccccc2)C([N+](=O)[O-])=C(C)N1. The van der Waals surface area contributed by atoms with E-state index in [0.717, 1.165) is 18.4 Å². The van der Waals surface area contributed by atoms with Gasteiger partial charge in [-0.3, -0.25) is 10.1 Å². The van der Waals surface area contributed by atoms with Crippen molar-refractivity contribution in [2.24, 2.45) is 5.73 Å². The number of hydrogen-bond acceptors (Lipinski definition) is 8. The first-order valence-electron chi connectivity index (χ1n) is 11.6. The van der Waals surface area contributed by atoms with E-state index in [2.05, 4.69) is 5.32 Å². The fourth-order valence-electron chi connectivity index (χ4n) is 3.91. The number of nitrogens with zero attached hydrogens (tertiary/aromatic N) is 1. The van der Waals surface area contributed by atoms with E-state index in [9.17, 15) is 14.9 Å². The van der Waals surface area contributed by atoms with Crippen molar-refractivity contribution in [2.45, 2.75) is 45.6 Å². The fraction of sp³-hybridized carbons (Fsp3) is 0.346. The van der Waals surface area contributed by atoms with Crippen molar-refractivity contribution in [3.8, 4) is 5.75 Å². The molecule has 9 nitrogen and oxygen atoms in total. The Hall–Kier alpha value is -3.85. The van der Waals surface area contributed by atoms with Crippen molar-refractivity contribution >= 4 is 6.16 Å². The van der Waals surface area contributed by atoms with Gasteiger partial charge in [0.15, 0.2) is 0 Å². The topological polar surface area (TPSA) is 126 Å². The van der Waals surface area contributed by atoms with E-state index in [-0.39, 0.29) is 24.7 Å². The lowest BCUT2D eigenvalue weighted by Crippen LogP contribution is -2.30. The van der Waals surface area contributed by atoms with Gasteiger partial charge in [-0.25, -0.2) is 4.79 Å². The molecule has 3 rings (SSSR count). The first-order valence-corrected chi connectivity index (χ1v) is 11.6. The number of benzene rings is 2. The van der Waals surface area contributed by atoms with E-state index in [0.29, 0.717) is 35.7 Å². The Morgan fingerprint density at radius 2 is 1.74 bits per heavy atom. The Balaban J connectivity index is 1.89. The van der Waals surface area contributed by atoms with Crippen molar-refractivity contribution in [2.75, 3.05) is 13.2 Å². The number of hydrogen-bond donors (Lipinski definition) is 2. The smallest absolute Gasteiger partial charge is 0.489 e. The minimum atomic E-state index is -0.969. The highest BCUT2D eigenvalue weighted by Gasteiger charge is 2.41. The maximum Gasteiger partial charge on any atom is 0.513 e. The Labute approximate surface area is 204 Å². The van der Waals surface area contributed by atoms with Crippen LogP contribution >= 0.6 is 0 Å². The number of dihydropyridines is 1. The molecule has 1 heterocycles. The summed E-state index contributed by atoms with van der Waals surface area (Å²) >= 11 is 0. The summed E-state index contributed by atoms with van der Waals surface area (Å²) in [6, 6.07) is 16.6. The molecule has 2 aromatic carbocycles. The molecule has 0 aromatic heterocycles. The van der Waals surface area contributed by atoms with Gasteiger partial charge in [-0.15, -0.1) is 0 Å². The quantitative estimate of drug-likeness (QED) is 0.199. The number of unbranched alkanes of at least 4 members (excludes halogenated alkanes) is 2. The number of rotatable bonds is 11. The molecule has 9 heteroatoms. The van der Waals surface area contributed by atoms with Crippen LogP contribution in [0.15, 0.2) is 77.4 Å². The summed E-state index contributed by atoms with van der Waals surface area (Å²) in [4.78, 5) is 24.1. The van der Waals surface area contributed by atoms with Crippen LogP contribution in [0.4, 0.5) is 4.79 Å². The van der Waals surface area contributed by atoms with Crippen molar-refractivity contribution in [1.29, 1.82) is 0 Å². The number of carbonyl (C=O) groups excluding carboxylic acids is 1. The van der Waals surface area contributed by atoms with E-state index in [1.807, 2.05) is 30.3 Å². The average Bonchev–Trinajstić information content (AvgIpc) is 2.84. The Kier molecular flexibility index (Phi) is 9.25. The van der Waals surface area contributed by atoms with E-state index in [1.54, 1.807) is 38.1 Å². The van der Waals surface area contributed by atoms with Gasteiger partial charge in [-0.2, -0.15) is 0 Å². The molecule has 0 aliphatic carbocycles. The zero-order chi connectivity index (χ0) is 25.2. The zero-order valence-electron chi connectivity index (χ0n) is 20.0. The van der Waals surface area contributed by atoms with Gasteiger partial charge in [0, 0.05) is 5.56 Å². The Morgan fingerprint density at radius 1 is 1.03 bits per heavy atom. The second-order valence-corrected chi connectivity index (χ2v) is 8.18. The van der Waals surface area contributed by atoms with E-state index in [1.165, 1.54) is 0 Å². The number of ether oxygens (including phenoxy) is 3. The van der Waals surface area contributed by atoms with Crippen LogP contribution in [0.5, 0.6) is 5.75 Å². The fourth-order valence-corrected chi connectivity index (χ4v) is 3.91.